The van der Waals surface area contributed by atoms with Crippen molar-refractivity contribution in [1.29, 1.82) is 0 Å². The molecule has 0 spiro atoms. The standard InChI is InChI=1S/C13H17BrFN/c1-8-5-10(8)7-16-9(2)12-4-3-11(15)6-13(12)14/h3-4,6,8-10,16H,5,7H2,1-2H3. The van der Waals surface area contributed by atoms with Crippen LogP contribution in [0.2, 0.25) is 0 Å². The maximum Gasteiger partial charge on any atom is 0.124 e. The third kappa shape index (κ3) is 2.83. The Morgan fingerprint density at radius 3 is 2.81 bits per heavy atom. The van der Waals surface area contributed by atoms with E-state index in [9.17, 15) is 4.39 Å². The average molecular weight is 286 g/mol. The topological polar surface area (TPSA) is 12.0 Å². The summed E-state index contributed by atoms with van der Waals surface area (Å²) >= 11 is 3.40. The molecule has 0 saturated heterocycles. The first-order valence-corrected chi connectivity index (χ1v) is 6.55. The van der Waals surface area contributed by atoms with E-state index in [0.717, 1.165) is 28.4 Å². The molecule has 2 rings (SSSR count). The zero-order chi connectivity index (χ0) is 11.7. The molecule has 0 aromatic heterocycles. The van der Waals surface area contributed by atoms with Gasteiger partial charge in [0.25, 0.3) is 0 Å². The quantitative estimate of drug-likeness (QED) is 0.885. The summed E-state index contributed by atoms with van der Waals surface area (Å²) in [5.41, 5.74) is 1.12. The lowest BCUT2D eigenvalue weighted by atomic mass is 10.1. The molecule has 16 heavy (non-hydrogen) atoms. The Morgan fingerprint density at radius 2 is 2.25 bits per heavy atom. The van der Waals surface area contributed by atoms with Crippen LogP contribution in [0.25, 0.3) is 0 Å². The largest absolute Gasteiger partial charge is 0.310 e. The monoisotopic (exact) mass is 285 g/mol. The highest BCUT2D eigenvalue weighted by atomic mass is 79.9. The molecule has 1 aliphatic carbocycles. The minimum atomic E-state index is -0.196. The normalized spacial score (nSPS) is 25.5. The van der Waals surface area contributed by atoms with Gasteiger partial charge in [-0.25, -0.2) is 4.39 Å². The van der Waals surface area contributed by atoms with Gasteiger partial charge < -0.3 is 5.32 Å². The zero-order valence-corrected chi connectivity index (χ0v) is 11.2. The second-order valence-corrected chi connectivity index (χ2v) is 5.62. The molecular weight excluding hydrogens is 269 g/mol. The highest BCUT2D eigenvalue weighted by molar-refractivity contribution is 9.10. The molecule has 0 aliphatic heterocycles. The Morgan fingerprint density at radius 1 is 1.56 bits per heavy atom. The third-order valence-electron chi connectivity index (χ3n) is 3.39. The molecular formula is C13H17BrFN. The molecule has 1 aromatic rings. The molecule has 1 N–H and O–H groups in total. The molecule has 1 aromatic carbocycles. The highest BCUT2D eigenvalue weighted by Crippen LogP contribution is 2.37. The van der Waals surface area contributed by atoms with Crippen molar-refractivity contribution < 1.29 is 4.39 Å². The van der Waals surface area contributed by atoms with Crippen LogP contribution in [0.1, 0.15) is 31.9 Å². The predicted octanol–water partition coefficient (Wildman–Crippen LogP) is 3.89. The molecule has 0 amide bonds. The van der Waals surface area contributed by atoms with Crippen molar-refractivity contribution in [3.63, 3.8) is 0 Å². The van der Waals surface area contributed by atoms with Crippen molar-refractivity contribution in [3.05, 3.63) is 34.1 Å². The van der Waals surface area contributed by atoms with Gasteiger partial charge in [0.05, 0.1) is 0 Å². The van der Waals surface area contributed by atoms with Crippen LogP contribution in [0.5, 0.6) is 0 Å². The van der Waals surface area contributed by atoms with Crippen LogP contribution in [0, 0.1) is 17.7 Å². The Bertz CT molecular complexity index is 380. The van der Waals surface area contributed by atoms with Crippen molar-refractivity contribution in [2.24, 2.45) is 11.8 Å². The third-order valence-corrected chi connectivity index (χ3v) is 4.08. The van der Waals surface area contributed by atoms with Crippen molar-refractivity contribution >= 4 is 15.9 Å². The van der Waals surface area contributed by atoms with Gasteiger partial charge in [0.15, 0.2) is 0 Å². The fourth-order valence-electron chi connectivity index (χ4n) is 1.97. The summed E-state index contributed by atoms with van der Waals surface area (Å²) < 4.78 is 13.8. The van der Waals surface area contributed by atoms with Crippen LogP contribution >= 0.6 is 15.9 Å². The average Bonchev–Trinajstić information content (AvgIpc) is 2.91. The summed E-state index contributed by atoms with van der Waals surface area (Å²) in [6.45, 7) is 5.46. The molecule has 3 heteroatoms. The molecule has 1 aliphatic rings. The van der Waals surface area contributed by atoms with Crippen LogP contribution in [-0.2, 0) is 0 Å². The van der Waals surface area contributed by atoms with Crippen molar-refractivity contribution in [3.8, 4) is 0 Å². The fraction of sp³-hybridized carbons (Fsp3) is 0.538. The molecule has 1 nitrogen and oxygen atoms in total. The van der Waals surface area contributed by atoms with Crippen LogP contribution in [0.15, 0.2) is 22.7 Å². The molecule has 1 fully saturated rings. The van der Waals surface area contributed by atoms with E-state index < -0.39 is 0 Å². The van der Waals surface area contributed by atoms with E-state index in [4.69, 9.17) is 0 Å². The van der Waals surface area contributed by atoms with Crippen LogP contribution in [-0.4, -0.2) is 6.54 Å². The van der Waals surface area contributed by atoms with Gasteiger partial charge in [-0.05, 0) is 49.4 Å². The van der Waals surface area contributed by atoms with E-state index in [-0.39, 0.29) is 11.9 Å². The van der Waals surface area contributed by atoms with E-state index in [0.29, 0.717) is 0 Å². The zero-order valence-electron chi connectivity index (χ0n) is 9.63. The first-order valence-electron chi connectivity index (χ1n) is 5.76. The molecule has 88 valence electrons. The first kappa shape index (κ1) is 12.1. The smallest absolute Gasteiger partial charge is 0.124 e. The molecule has 3 atom stereocenters. The Balaban J connectivity index is 1.94. The maximum atomic E-state index is 12.9. The summed E-state index contributed by atoms with van der Waals surface area (Å²) in [6, 6.07) is 5.14. The summed E-state index contributed by atoms with van der Waals surface area (Å²) in [7, 11) is 0. The second-order valence-electron chi connectivity index (χ2n) is 4.77. The Labute approximate surface area is 105 Å². The Kier molecular flexibility index (Phi) is 3.65. The van der Waals surface area contributed by atoms with E-state index in [1.807, 2.05) is 6.07 Å². The van der Waals surface area contributed by atoms with Gasteiger partial charge in [-0.1, -0.05) is 28.9 Å². The van der Waals surface area contributed by atoms with Crippen LogP contribution < -0.4 is 5.32 Å². The molecule has 0 heterocycles. The maximum absolute atomic E-state index is 12.9. The van der Waals surface area contributed by atoms with Crippen LogP contribution in [0.3, 0.4) is 0 Å². The first-order chi connectivity index (χ1) is 7.58. The van der Waals surface area contributed by atoms with Crippen molar-refractivity contribution in [2.75, 3.05) is 6.54 Å². The number of benzene rings is 1. The minimum absolute atomic E-state index is 0.196. The van der Waals surface area contributed by atoms with E-state index in [2.05, 4.69) is 35.1 Å². The van der Waals surface area contributed by atoms with Gasteiger partial charge in [-0.15, -0.1) is 0 Å². The minimum Gasteiger partial charge on any atom is -0.310 e. The molecule has 1 saturated carbocycles. The van der Waals surface area contributed by atoms with Gasteiger partial charge in [0.2, 0.25) is 0 Å². The summed E-state index contributed by atoms with van der Waals surface area (Å²) in [4.78, 5) is 0. The van der Waals surface area contributed by atoms with Crippen molar-refractivity contribution in [1.82, 2.24) is 5.32 Å². The molecule has 3 unspecified atom stereocenters. The molecule has 0 radical (unpaired) electrons. The predicted molar refractivity (Wildman–Crippen MR) is 67.8 cm³/mol. The number of halogens is 2. The number of hydrogen-bond donors (Lipinski definition) is 1. The lowest BCUT2D eigenvalue weighted by Crippen LogP contribution is -2.21. The summed E-state index contributed by atoms with van der Waals surface area (Å²) in [6.07, 6.45) is 1.34. The van der Waals surface area contributed by atoms with Gasteiger partial charge in [-0.2, -0.15) is 0 Å². The number of hydrogen-bond acceptors (Lipinski definition) is 1. The fourth-order valence-corrected chi connectivity index (χ4v) is 2.67. The van der Waals surface area contributed by atoms with E-state index in [1.165, 1.54) is 18.6 Å². The van der Waals surface area contributed by atoms with E-state index in [1.54, 1.807) is 0 Å². The number of nitrogens with one attached hydrogen (secondary N) is 1. The number of rotatable bonds is 4. The van der Waals surface area contributed by atoms with Crippen molar-refractivity contribution in [2.45, 2.75) is 26.3 Å². The lowest BCUT2D eigenvalue weighted by molar-refractivity contribution is 0.532. The van der Waals surface area contributed by atoms with Gasteiger partial charge in [0, 0.05) is 10.5 Å². The van der Waals surface area contributed by atoms with Crippen LogP contribution in [0.4, 0.5) is 4.39 Å². The summed E-state index contributed by atoms with van der Waals surface area (Å²) in [5.74, 6) is 1.51. The lowest BCUT2D eigenvalue weighted by Gasteiger charge is -2.15. The van der Waals surface area contributed by atoms with Gasteiger partial charge >= 0.3 is 0 Å². The molecule has 0 bridgehead atoms. The van der Waals surface area contributed by atoms with E-state index >= 15 is 0 Å². The highest BCUT2D eigenvalue weighted by Gasteiger charge is 2.32. The summed E-state index contributed by atoms with van der Waals surface area (Å²) in [5, 5.41) is 3.50. The SMILES string of the molecule is CC(NCC1CC1C)c1ccc(F)cc1Br. The van der Waals surface area contributed by atoms with Gasteiger partial charge in [-0.3, -0.25) is 0 Å². The Hall–Kier alpha value is -0.410. The van der Waals surface area contributed by atoms with Gasteiger partial charge in [0.1, 0.15) is 5.82 Å². The second kappa shape index (κ2) is 4.84.